The summed E-state index contributed by atoms with van der Waals surface area (Å²) in [7, 11) is 1.55. The standard InChI is InChI=1S/C15H14FNO2S/c1-19-12-6-9-20-13(12)14(18)17-15(7-8-15)10-2-4-11(16)5-3-10/h2-6,9H,7-8H2,1H3,(H,17,18). The maximum Gasteiger partial charge on any atom is 0.265 e. The van der Waals surface area contributed by atoms with Gasteiger partial charge in [-0.1, -0.05) is 12.1 Å². The van der Waals surface area contributed by atoms with Crippen LogP contribution in [0.15, 0.2) is 35.7 Å². The van der Waals surface area contributed by atoms with Gasteiger partial charge in [0, 0.05) is 0 Å². The lowest BCUT2D eigenvalue weighted by molar-refractivity contribution is 0.0932. The Labute approximate surface area is 120 Å². The molecular weight excluding hydrogens is 277 g/mol. The largest absolute Gasteiger partial charge is 0.495 e. The Kier molecular flexibility index (Phi) is 3.22. The second kappa shape index (κ2) is 4.90. The van der Waals surface area contributed by atoms with E-state index in [9.17, 15) is 9.18 Å². The second-order valence-corrected chi connectivity index (χ2v) is 5.78. The molecule has 1 aromatic carbocycles. The summed E-state index contributed by atoms with van der Waals surface area (Å²) in [5.41, 5.74) is 0.600. The Morgan fingerprint density at radius 3 is 2.60 bits per heavy atom. The predicted molar refractivity (Wildman–Crippen MR) is 75.6 cm³/mol. The molecule has 3 nitrogen and oxygen atoms in total. The van der Waals surface area contributed by atoms with E-state index >= 15 is 0 Å². The summed E-state index contributed by atoms with van der Waals surface area (Å²) in [6.45, 7) is 0. The van der Waals surface area contributed by atoms with Gasteiger partial charge in [0.1, 0.15) is 16.4 Å². The van der Waals surface area contributed by atoms with Crippen molar-refractivity contribution < 1.29 is 13.9 Å². The molecular formula is C15H14FNO2S. The van der Waals surface area contributed by atoms with Gasteiger partial charge in [0.25, 0.3) is 5.91 Å². The average molecular weight is 291 g/mol. The topological polar surface area (TPSA) is 38.3 Å². The zero-order chi connectivity index (χ0) is 14.2. The van der Waals surface area contributed by atoms with Crippen molar-refractivity contribution in [2.75, 3.05) is 7.11 Å². The van der Waals surface area contributed by atoms with E-state index in [1.807, 2.05) is 5.38 Å². The third-order valence-electron chi connectivity index (χ3n) is 3.55. The van der Waals surface area contributed by atoms with Crippen LogP contribution >= 0.6 is 11.3 Å². The zero-order valence-corrected chi connectivity index (χ0v) is 11.8. The lowest BCUT2D eigenvalue weighted by Crippen LogP contribution is -2.34. The molecule has 1 N–H and O–H groups in total. The Balaban J connectivity index is 1.80. The van der Waals surface area contributed by atoms with Gasteiger partial charge in [0.2, 0.25) is 0 Å². The first-order chi connectivity index (χ1) is 9.64. The highest BCUT2D eigenvalue weighted by Crippen LogP contribution is 2.46. The summed E-state index contributed by atoms with van der Waals surface area (Å²) in [6, 6.07) is 8.08. The van der Waals surface area contributed by atoms with Crippen molar-refractivity contribution in [3.8, 4) is 5.75 Å². The van der Waals surface area contributed by atoms with Gasteiger partial charge in [-0.05, 0) is 42.0 Å². The summed E-state index contributed by atoms with van der Waals surface area (Å²) in [5.74, 6) is 0.178. The van der Waals surface area contributed by atoms with Crippen LogP contribution in [0, 0.1) is 5.82 Å². The lowest BCUT2D eigenvalue weighted by Gasteiger charge is -2.17. The number of ether oxygens (including phenoxy) is 1. The van der Waals surface area contributed by atoms with Gasteiger partial charge in [-0.15, -0.1) is 11.3 Å². The van der Waals surface area contributed by atoms with Crippen molar-refractivity contribution in [1.29, 1.82) is 0 Å². The van der Waals surface area contributed by atoms with E-state index < -0.39 is 0 Å². The van der Waals surface area contributed by atoms with Crippen LogP contribution in [0.1, 0.15) is 28.1 Å². The van der Waals surface area contributed by atoms with Gasteiger partial charge >= 0.3 is 0 Å². The molecule has 1 saturated carbocycles. The number of nitrogens with one attached hydrogen (secondary N) is 1. The summed E-state index contributed by atoms with van der Waals surface area (Å²) in [4.78, 5) is 12.9. The lowest BCUT2D eigenvalue weighted by atomic mass is 10.0. The van der Waals surface area contributed by atoms with E-state index in [-0.39, 0.29) is 17.3 Å². The fourth-order valence-corrected chi connectivity index (χ4v) is 3.03. The smallest absolute Gasteiger partial charge is 0.265 e. The predicted octanol–water partition coefficient (Wildman–Crippen LogP) is 3.31. The minimum absolute atomic E-state index is 0.140. The Bertz CT molecular complexity index is 632. The number of halogens is 1. The Morgan fingerprint density at radius 1 is 1.30 bits per heavy atom. The minimum Gasteiger partial charge on any atom is -0.495 e. The van der Waals surface area contributed by atoms with Crippen molar-refractivity contribution >= 4 is 17.2 Å². The average Bonchev–Trinajstić information content (AvgIpc) is 3.05. The van der Waals surface area contributed by atoms with Crippen LogP contribution in [-0.2, 0) is 5.54 Å². The minimum atomic E-state index is -0.347. The van der Waals surface area contributed by atoms with Crippen molar-refractivity contribution in [3.05, 3.63) is 52.0 Å². The number of hydrogen-bond acceptors (Lipinski definition) is 3. The van der Waals surface area contributed by atoms with E-state index in [1.54, 1.807) is 25.3 Å². The second-order valence-electron chi connectivity index (χ2n) is 4.86. The van der Waals surface area contributed by atoms with Gasteiger partial charge in [-0.2, -0.15) is 0 Å². The molecule has 0 spiro atoms. The van der Waals surface area contributed by atoms with Crippen LogP contribution in [0.2, 0.25) is 0 Å². The number of carbonyl (C=O) groups excluding carboxylic acids is 1. The van der Waals surface area contributed by atoms with Gasteiger partial charge in [-0.3, -0.25) is 4.79 Å². The normalized spacial score (nSPS) is 15.7. The highest BCUT2D eigenvalue weighted by Gasteiger charge is 2.46. The molecule has 1 aliphatic rings. The maximum absolute atomic E-state index is 13.0. The number of rotatable bonds is 4. The van der Waals surface area contributed by atoms with Gasteiger partial charge in [0.15, 0.2) is 0 Å². The number of thiophene rings is 1. The summed E-state index contributed by atoms with van der Waals surface area (Å²) in [6.07, 6.45) is 1.75. The number of methoxy groups -OCH3 is 1. The summed E-state index contributed by atoms with van der Waals surface area (Å²) in [5, 5.41) is 4.87. The molecule has 0 saturated heterocycles. The molecule has 5 heteroatoms. The Hall–Kier alpha value is -1.88. The highest BCUT2D eigenvalue weighted by atomic mass is 32.1. The molecule has 0 aliphatic heterocycles. The van der Waals surface area contributed by atoms with E-state index in [2.05, 4.69) is 5.32 Å². The molecule has 1 aromatic heterocycles. The van der Waals surface area contributed by atoms with Gasteiger partial charge in [-0.25, -0.2) is 4.39 Å². The molecule has 2 aromatic rings. The summed E-state index contributed by atoms with van der Waals surface area (Å²) >= 11 is 1.35. The molecule has 1 aliphatic carbocycles. The van der Waals surface area contributed by atoms with Crippen LogP contribution in [0.3, 0.4) is 0 Å². The van der Waals surface area contributed by atoms with Crippen LogP contribution in [-0.4, -0.2) is 13.0 Å². The van der Waals surface area contributed by atoms with E-state index in [0.717, 1.165) is 18.4 Å². The molecule has 0 atom stereocenters. The first kappa shape index (κ1) is 13.1. The first-order valence-corrected chi connectivity index (χ1v) is 7.23. The fourth-order valence-electron chi connectivity index (χ4n) is 2.28. The van der Waals surface area contributed by atoms with Crippen LogP contribution in [0.25, 0.3) is 0 Å². The SMILES string of the molecule is COc1ccsc1C(=O)NC1(c2ccc(F)cc2)CC1. The third kappa shape index (κ3) is 2.29. The van der Waals surface area contributed by atoms with Gasteiger partial charge in [0.05, 0.1) is 12.6 Å². The number of carbonyl (C=O) groups is 1. The van der Waals surface area contributed by atoms with E-state index in [0.29, 0.717) is 10.6 Å². The van der Waals surface area contributed by atoms with E-state index in [4.69, 9.17) is 4.74 Å². The quantitative estimate of drug-likeness (QED) is 0.938. The van der Waals surface area contributed by atoms with Crippen molar-refractivity contribution in [2.45, 2.75) is 18.4 Å². The monoisotopic (exact) mass is 291 g/mol. The molecule has 20 heavy (non-hydrogen) atoms. The molecule has 0 radical (unpaired) electrons. The molecule has 0 unspecified atom stereocenters. The highest BCUT2D eigenvalue weighted by molar-refractivity contribution is 7.12. The number of benzene rings is 1. The molecule has 104 valence electrons. The van der Waals surface area contributed by atoms with E-state index in [1.165, 1.54) is 23.5 Å². The Morgan fingerprint density at radius 2 is 2.00 bits per heavy atom. The first-order valence-electron chi connectivity index (χ1n) is 6.35. The molecule has 0 bridgehead atoms. The molecule has 1 fully saturated rings. The third-order valence-corrected chi connectivity index (χ3v) is 4.45. The molecule has 1 amide bonds. The van der Waals surface area contributed by atoms with Crippen molar-refractivity contribution in [1.82, 2.24) is 5.32 Å². The van der Waals surface area contributed by atoms with Crippen LogP contribution < -0.4 is 10.1 Å². The molecule has 1 heterocycles. The van der Waals surface area contributed by atoms with Crippen molar-refractivity contribution in [2.24, 2.45) is 0 Å². The number of hydrogen-bond donors (Lipinski definition) is 1. The fraction of sp³-hybridized carbons (Fsp3) is 0.267. The number of amides is 1. The van der Waals surface area contributed by atoms with Crippen LogP contribution in [0.5, 0.6) is 5.75 Å². The summed E-state index contributed by atoms with van der Waals surface area (Å²) < 4.78 is 18.1. The van der Waals surface area contributed by atoms with Crippen molar-refractivity contribution in [3.63, 3.8) is 0 Å². The van der Waals surface area contributed by atoms with Crippen LogP contribution in [0.4, 0.5) is 4.39 Å². The van der Waals surface area contributed by atoms with Gasteiger partial charge < -0.3 is 10.1 Å². The zero-order valence-electron chi connectivity index (χ0n) is 11.0. The maximum atomic E-state index is 13.0. The molecule has 3 rings (SSSR count).